The molecular formula is C18H18FN5O. The van der Waals surface area contributed by atoms with Gasteiger partial charge in [0.1, 0.15) is 11.5 Å². The van der Waals surface area contributed by atoms with E-state index in [9.17, 15) is 9.18 Å². The molecule has 6 nitrogen and oxygen atoms in total. The Hall–Kier alpha value is -2.96. The standard InChI is InChI=1S/C18H18FN5O/c19-15-3-1-13(2-4-15)14-11-17(20-12-14)18(25)23-8-5-16(6-9-23)24-10-7-21-22-24/h1-4,7,10-12,16,20H,5-6,8-9H2. The molecule has 0 saturated carbocycles. The van der Waals surface area contributed by atoms with E-state index in [1.54, 1.807) is 24.5 Å². The fourth-order valence-electron chi connectivity index (χ4n) is 3.24. The van der Waals surface area contributed by atoms with Crippen LogP contribution in [0.1, 0.15) is 29.4 Å². The van der Waals surface area contributed by atoms with Crippen LogP contribution in [0.2, 0.25) is 0 Å². The number of nitrogens with one attached hydrogen (secondary N) is 1. The molecule has 0 aliphatic carbocycles. The molecule has 0 spiro atoms. The number of benzene rings is 1. The van der Waals surface area contributed by atoms with E-state index in [1.165, 1.54) is 12.1 Å². The molecule has 0 radical (unpaired) electrons. The van der Waals surface area contributed by atoms with E-state index in [4.69, 9.17) is 0 Å². The molecule has 7 heteroatoms. The van der Waals surface area contributed by atoms with E-state index in [0.717, 1.165) is 24.0 Å². The minimum atomic E-state index is -0.272. The van der Waals surface area contributed by atoms with Crippen molar-refractivity contribution in [2.45, 2.75) is 18.9 Å². The van der Waals surface area contributed by atoms with Gasteiger partial charge < -0.3 is 9.88 Å². The van der Waals surface area contributed by atoms with E-state index in [0.29, 0.717) is 24.8 Å². The summed E-state index contributed by atoms with van der Waals surface area (Å²) in [6.07, 6.45) is 7.04. The number of likely N-dealkylation sites (tertiary alicyclic amines) is 1. The van der Waals surface area contributed by atoms with Gasteiger partial charge in [-0.05, 0) is 42.2 Å². The minimum Gasteiger partial charge on any atom is -0.357 e. The summed E-state index contributed by atoms with van der Waals surface area (Å²) in [6, 6.07) is 8.36. The summed E-state index contributed by atoms with van der Waals surface area (Å²) in [7, 11) is 0. The fraction of sp³-hybridized carbons (Fsp3) is 0.278. The van der Waals surface area contributed by atoms with Gasteiger partial charge in [0.25, 0.3) is 5.91 Å². The number of hydrogen-bond donors (Lipinski definition) is 1. The number of rotatable bonds is 3. The number of hydrogen-bond acceptors (Lipinski definition) is 3. The average Bonchev–Trinajstić information content (AvgIpc) is 3.34. The van der Waals surface area contributed by atoms with Crippen LogP contribution in [0.4, 0.5) is 4.39 Å². The molecule has 1 aromatic carbocycles. The number of aromatic nitrogens is 4. The topological polar surface area (TPSA) is 66.8 Å². The summed E-state index contributed by atoms with van der Waals surface area (Å²) < 4.78 is 14.9. The highest BCUT2D eigenvalue weighted by molar-refractivity contribution is 5.94. The van der Waals surface area contributed by atoms with Gasteiger partial charge in [-0.2, -0.15) is 0 Å². The largest absolute Gasteiger partial charge is 0.357 e. The fourth-order valence-corrected chi connectivity index (χ4v) is 3.24. The van der Waals surface area contributed by atoms with Crippen LogP contribution in [-0.2, 0) is 0 Å². The van der Waals surface area contributed by atoms with Gasteiger partial charge in [0.2, 0.25) is 0 Å². The van der Waals surface area contributed by atoms with Crippen molar-refractivity contribution < 1.29 is 9.18 Å². The number of aromatic amines is 1. The van der Waals surface area contributed by atoms with Crippen molar-refractivity contribution in [1.29, 1.82) is 0 Å². The second-order valence-electron chi connectivity index (χ2n) is 6.22. The summed E-state index contributed by atoms with van der Waals surface area (Å²) in [5.41, 5.74) is 2.31. The Labute approximate surface area is 144 Å². The average molecular weight is 339 g/mol. The van der Waals surface area contributed by atoms with Crippen molar-refractivity contribution in [3.8, 4) is 11.1 Å². The van der Waals surface area contributed by atoms with Gasteiger partial charge in [0, 0.05) is 25.5 Å². The maximum absolute atomic E-state index is 13.0. The van der Waals surface area contributed by atoms with Crippen molar-refractivity contribution in [2.75, 3.05) is 13.1 Å². The Balaban J connectivity index is 1.43. The van der Waals surface area contributed by atoms with Crippen LogP contribution >= 0.6 is 0 Å². The van der Waals surface area contributed by atoms with Gasteiger partial charge in [0.05, 0.1) is 12.2 Å². The van der Waals surface area contributed by atoms with Crippen molar-refractivity contribution in [3.05, 3.63) is 60.4 Å². The highest BCUT2D eigenvalue weighted by Gasteiger charge is 2.25. The number of halogens is 1. The molecule has 1 fully saturated rings. The lowest BCUT2D eigenvalue weighted by molar-refractivity contribution is 0.0684. The summed E-state index contributed by atoms with van der Waals surface area (Å²) in [4.78, 5) is 17.6. The van der Waals surface area contributed by atoms with Crippen LogP contribution in [0, 0.1) is 5.82 Å². The first-order valence-electron chi connectivity index (χ1n) is 8.30. The molecule has 1 aliphatic rings. The summed E-state index contributed by atoms with van der Waals surface area (Å²) >= 11 is 0. The molecular weight excluding hydrogens is 321 g/mol. The van der Waals surface area contributed by atoms with Crippen LogP contribution < -0.4 is 0 Å². The van der Waals surface area contributed by atoms with Crippen LogP contribution in [-0.4, -0.2) is 43.9 Å². The number of nitrogens with zero attached hydrogens (tertiary/aromatic N) is 4. The molecule has 1 aliphatic heterocycles. The lowest BCUT2D eigenvalue weighted by Gasteiger charge is -2.31. The summed E-state index contributed by atoms with van der Waals surface area (Å²) in [6.45, 7) is 1.38. The van der Waals surface area contributed by atoms with Crippen molar-refractivity contribution >= 4 is 5.91 Å². The monoisotopic (exact) mass is 339 g/mol. The molecule has 4 rings (SSSR count). The van der Waals surface area contributed by atoms with Crippen LogP contribution in [0.15, 0.2) is 48.9 Å². The normalized spacial score (nSPS) is 15.5. The van der Waals surface area contributed by atoms with Crippen LogP contribution in [0.5, 0.6) is 0 Å². The van der Waals surface area contributed by atoms with E-state index in [1.807, 2.05) is 21.8 Å². The predicted octanol–water partition coefficient (Wildman–Crippen LogP) is 2.89. The Morgan fingerprint density at radius 1 is 1.16 bits per heavy atom. The zero-order valence-electron chi connectivity index (χ0n) is 13.6. The van der Waals surface area contributed by atoms with E-state index in [-0.39, 0.29) is 11.7 Å². The molecule has 25 heavy (non-hydrogen) atoms. The lowest BCUT2D eigenvalue weighted by Crippen LogP contribution is -2.39. The van der Waals surface area contributed by atoms with Gasteiger partial charge in [-0.15, -0.1) is 5.10 Å². The maximum atomic E-state index is 13.0. The quantitative estimate of drug-likeness (QED) is 0.798. The smallest absolute Gasteiger partial charge is 0.270 e. The Morgan fingerprint density at radius 3 is 2.60 bits per heavy atom. The van der Waals surface area contributed by atoms with Gasteiger partial charge in [-0.3, -0.25) is 4.79 Å². The first kappa shape index (κ1) is 15.6. The molecule has 128 valence electrons. The SMILES string of the molecule is O=C(c1cc(-c2ccc(F)cc2)c[nH]1)N1CCC(n2ccnn2)CC1. The number of amides is 1. The van der Waals surface area contributed by atoms with E-state index >= 15 is 0 Å². The second kappa shape index (κ2) is 6.51. The molecule has 1 saturated heterocycles. The number of piperidine rings is 1. The molecule has 0 unspecified atom stereocenters. The van der Waals surface area contributed by atoms with Crippen molar-refractivity contribution in [2.24, 2.45) is 0 Å². The minimum absolute atomic E-state index is 0.00889. The number of H-pyrrole nitrogens is 1. The molecule has 3 aromatic rings. The number of carbonyl (C=O) groups excluding carboxylic acids is 1. The molecule has 1 N–H and O–H groups in total. The molecule has 1 amide bonds. The third kappa shape index (κ3) is 3.17. The molecule has 0 atom stereocenters. The Kier molecular flexibility index (Phi) is 4.05. The van der Waals surface area contributed by atoms with Crippen molar-refractivity contribution in [1.82, 2.24) is 24.9 Å². The highest BCUT2D eigenvalue weighted by Crippen LogP contribution is 2.24. The zero-order chi connectivity index (χ0) is 17.2. The van der Waals surface area contributed by atoms with Crippen LogP contribution in [0.3, 0.4) is 0 Å². The first-order chi connectivity index (χ1) is 12.2. The highest BCUT2D eigenvalue weighted by atomic mass is 19.1. The summed E-state index contributed by atoms with van der Waals surface area (Å²) in [5.74, 6) is -0.281. The van der Waals surface area contributed by atoms with Crippen LogP contribution in [0.25, 0.3) is 11.1 Å². The third-order valence-electron chi connectivity index (χ3n) is 4.66. The maximum Gasteiger partial charge on any atom is 0.270 e. The molecule has 2 aromatic heterocycles. The second-order valence-corrected chi connectivity index (χ2v) is 6.22. The van der Waals surface area contributed by atoms with Gasteiger partial charge >= 0.3 is 0 Å². The van der Waals surface area contributed by atoms with Gasteiger partial charge in [0.15, 0.2) is 0 Å². The van der Waals surface area contributed by atoms with Gasteiger partial charge in [-0.25, -0.2) is 9.07 Å². The predicted molar refractivity (Wildman–Crippen MR) is 90.4 cm³/mol. The third-order valence-corrected chi connectivity index (χ3v) is 4.66. The molecule has 0 bridgehead atoms. The Bertz CT molecular complexity index is 848. The van der Waals surface area contributed by atoms with E-state index in [2.05, 4.69) is 15.3 Å². The molecule has 3 heterocycles. The van der Waals surface area contributed by atoms with E-state index < -0.39 is 0 Å². The Morgan fingerprint density at radius 2 is 1.92 bits per heavy atom. The first-order valence-corrected chi connectivity index (χ1v) is 8.30. The summed E-state index contributed by atoms with van der Waals surface area (Å²) in [5, 5.41) is 7.88. The van der Waals surface area contributed by atoms with Gasteiger partial charge in [-0.1, -0.05) is 17.3 Å². The number of carbonyl (C=O) groups is 1. The lowest BCUT2D eigenvalue weighted by atomic mass is 10.0. The van der Waals surface area contributed by atoms with Crippen molar-refractivity contribution in [3.63, 3.8) is 0 Å². The zero-order valence-corrected chi connectivity index (χ0v) is 13.6.